The molecular formula is C54H37N. The van der Waals surface area contributed by atoms with Crippen molar-refractivity contribution in [2.75, 3.05) is 4.90 Å². The van der Waals surface area contributed by atoms with E-state index in [4.69, 9.17) is 0 Å². The Bertz CT molecular complexity index is 3370. The second-order valence-electron chi connectivity index (χ2n) is 13.5. The Balaban J connectivity index is 1.22. The first kappa shape index (κ1) is 24.9. The standard InChI is InChI=1S/C54H37N/c1-3-13-38(14-4-1)39-23-30-45(31-24-39)55(47-34-27-42(28-35-47)53-37-44-18-8-9-19-48(44)51-21-11-12-22-52(51)53)46-32-25-41(26-33-46)50-36-29-40-15-7-10-20-49(40)54(50)43-16-5-2-6-17-43/h1-37H/i23D,24D,25D,26D,30D,31D,32D,33D. The summed E-state index contributed by atoms with van der Waals surface area (Å²) < 4.78 is 76.1. The van der Waals surface area contributed by atoms with Crippen LogP contribution in [0.1, 0.15) is 11.0 Å². The molecule has 0 N–H and O–H groups in total. The molecule has 0 amide bonds. The van der Waals surface area contributed by atoms with E-state index in [0.717, 1.165) is 54.6 Å². The van der Waals surface area contributed by atoms with Gasteiger partial charge in [0.15, 0.2) is 0 Å². The fourth-order valence-corrected chi connectivity index (χ4v) is 7.57. The third-order valence-electron chi connectivity index (χ3n) is 10.2. The van der Waals surface area contributed by atoms with Crippen molar-refractivity contribution in [3.8, 4) is 44.5 Å². The van der Waals surface area contributed by atoms with E-state index in [9.17, 15) is 11.0 Å². The smallest absolute Gasteiger partial charge is 0.0645 e. The van der Waals surface area contributed by atoms with Gasteiger partial charge >= 0.3 is 0 Å². The first-order valence-corrected chi connectivity index (χ1v) is 18.3. The zero-order valence-electron chi connectivity index (χ0n) is 37.7. The molecule has 0 bridgehead atoms. The minimum Gasteiger partial charge on any atom is -0.311 e. The summed E-state index contributed by atoms with van der Waals surface area (Å²) in [5.74, 6) is 0. The summed E-state index contributed by atoms with van der Waals surface area (Å²) in [5.41, 5.74) is 4.68. The molecule has 0 unspecified atom stereocenters. The fraction of sp³-hybridized carbons (Fsp3) is 0. The normalized spacial score (nSPS) is 13.3. The first-order chi connectivity index (χ1) is 30.6. The van der Waals surface area contributed by atoms with Crippen molar-refractivity contribution in [1.29, 1.82) is 0 Å². The van der Waals surface area contributed by atoms with Crippen LogP contribution in [-0.2, 0) is 0 Å². The average molecular weight is 708 g/mol. The van der Waals surface area contributed by atoms with Crippen LogP contribution in [0.2, 0.25) is 0 Å². The highest BCUT2D eigenvalue weighted by Crippen LogP contribution is 2.42. The molecule has 0 aliphatic heterocycles. The van der Waals surface area contributed by atoms with Crippen molar-refractivity contribution in [3.63, 3.8) is 0 Å². The molecule has 1 heteroatoms. The van der Waals surface area contributed by atoms with Gasteiger partial charge in [-0.1, -0.05) is 182 Å². The molecule has 0 spiro atoms. The van der Waals surface area contributed by atoms with E-state index in [1.165, 1.54) is 4.90 Å². The molecule has 55 heavy (non-hydrogen) atoms. The maximum atomic E-state index is 9.71. The topological polar surface area (TPSA) is 3.24 Å². The SMILES string of the molecule is [2H]c1c([2H])c(N(c2ccc(-c3cc4ccccc4c4ccccc34)cc2)c2c([2H])c([2H])c(-c3ccc4ccccc4c3-c3ccccc3)c([2H])c2[2H])c([2H])c([2H])c1-c1ccccc1. The summed E-state index contributed by atoms with van der Waals surface area (Å²) in [5, 5.41) is 6.21. The molecule has 0 fully saturated rings. The van der Waals surface area contributed by atoms with E-state index in [0.29, 0.717) is 16.8 Å². The lowest BCUT2D eigenvalue weighted by Crippen LogP contribution is -2.09. The molecule has 0 saturated heterocycles. The Morgan fingerprint density at radius 3 is 1.49 bits per heavy atom. The largest absolute Gasteiger partial charge is 0.311 e. The molecule has 0 aromatic heterocycles. The molecule has 10 rings (SSSR count). The quantitative estimate of drug-likeness (QED) is 0.149. The molecule has 0 heterocycles. The van der Waals surface area contributed by atoms with Crippen molar-refractivity contribution < 1.29 is 11.0 Å². The van der Waals surface area contributed by atoms with Crippen LogP contribution in [0.3, 0.4) is 0 Å². The summed E-state index contributed by atoms with van der Waals surface area (Å²) >= 11 is 0. The van der Waals surface area contributed by atoms with Gasteiger partial charge in [0, 0.05) is 17.1 Å². The molecule has 10 aromatic rings. The number of hydrogen-bond donors (Lipinski definition) is 0. The van der Waals surface area contributed by atoms with Crippen molar-refractivity contribution in [2.45, 2.75) is 0 Å². The summed E-state index contributed by atoms with van der Waals surface area (Å²) in [6.07, 6.45) is 0. The van der Waals surface area contributed by atoms with Gasteiger partial charge in [-0.25, -0.2) is 0 Å². The summed E-state index contributed by atoms with van der Waals surface area (Å²) in [4.78, 5) is 1.36. The number of rotatable bonds is 7. The fourth-order valence-electron chi connectivity index (χ4n) is 7.57. The van der Waals surface area contributed by atoms with Crippen molar-refractivity contribution in [1.82, 2.24) is 0 Å². The van der Waals surface area contributed by atoms with Crippen molar-refractivity contribution in [3.05, 3.63) is 224 Å². The van der Waals surface area contributed by atoms with Gasteiger partial charge in [-0.15, -0.1) is 0 Å². The van der Waals surface area contributed by atoms with E-state index < -0.39 is 12.1 Å². The highest BCUT2D eigenvalue weighted by molar-refractivity contribution is 6.13. The van der Waals surface area contributed by atoms with Crippen molar-refractivity contribution in [2.24, 2.45) is 0 Å². The van der Waals surface area contributed by atoms with Crippen LogP contribution >= 0.6 is 0 Å². The lowest BCUT2D eigenvalue weighted by atomic mass is 9.90. The lowest BCUT2D eigenvalue weighted by molar-refractivity contribution is 1.28. The Kier molecular flexibility index (Phi) is 6.33. The maximum Gasteiger partial charge on any atom is 0.0645 e. The molecule has 0 aliphatic rings. The van der Waals surface area contributed by atoms with Crippen LogP contribution in [0.4, 0.5) is 17.1 Å². The number of benzene rings is 10. The summed E-state index contributed by atoms with van der Waals surface area (Å²) in [6.45, 7) is 0. The lowest BCUT2D eigenvalue weighted by Gasteiger charge is -2.26. The Hall–Kier alpha value is -7.22. The molecule has 0 atom stereocenters. The van der Waals surface area contributed by atoms with E-state index in [-0.39, 0.29) is 58.8 Å². The van der Waals surface area contributed by atoms with Crippen LogP contribution in [0.25, 0.3) is 76.8 Å². The highest BCUT2D eigenvalue weighted by Gasteiger charge is 2.17. The minimum absolute atomic E-state index is 0.107. The van der Waals surface area contributed by atoms with Crippen LogP contribution in [0.15, 0.2) is 224 Å². The Labute approximate surface area is 333 Å². The van der Waals surface area contributed by atoms with Gasteiger partial charge in [0.25, 0.3) is 0 Å². The van der Waals surface area contributed by atoms with Gasteiger partial charge in [0.1, 0.15) is 0 Å². The van der Waals surface area contributed by atoms with Crippen LogP contribution in [0.5, 0.6) is 0 Å². The van der Waals surface area contributed by atoms with Crippen LogP contribution in [0, 0.1) is 0 Å². The van der Waals surface area contributed by atoms with Gasteiger partial charge < -0.3 is 4.90 Å². The predicted octanol–water partition coefficient (Wildman–Crippen LogP) is 15.3. The Morgan fingerprint density at radius 2 is 0.818 bits per heavy atom. The summed E-state index contributed by atoms with van der Waals surface area (Å²) in [6, 6.07) is 53.3. The molecule has 0 radical (unpaired) electrons. The van der Waals surface area contributed by atoms with Gasteiger partial charge in [-0.3, -0.25) is 0 Å². The molecule has 1 nitrogen and oxygen atoms in total. The number of nitrogens with zero attached hydrogens (tertiary/aromatic N) is 1. The van der Waals surface area contributed by atoms with Crippen molar-refractivity contribution >= 4 is 49.4 Å². The number of hydrogen-bond acceptors (Lipinski definition) is 1. The zero-order valence-corrected chi connectivity index (χ0v) is 29.7. The third-order valence-corrected chi connectivity index (χ3v) is 10.2. The van der Waals surface area contributed by atoms with Gasteiger partial charge in [-0.05, 0) is 119 Å². The van der Waals surface area contributed by atoms with Gasteiger partial charge in [0.2, 0.25) is 0 Å². The molecule has 10 aromatic carbocycles. The molecule has 0 saturated carbocycles. The monoisotopic (exact) mass is 707 g/mol. The number of anilines is 3. The first-order valence-electron chi connectivity index (χ1n) is 22.3. The zero-order chi connectivity index (χ0) is 43.5. The van der Waals surface area contributed by atoms with E-state index >= 15 is 0 Å². The maximum absolute atomic E-state index is 9.71. The van der Waals surface area contributed by atoms with Crippen LogP contribution < -0.4 is 4.90 Å². The van der Waals surface area contributed by atoms with Crippen LogP contribution in [-0.4, -0.2) is 0 Å². The van der Waals surface area contributed by atoms with E-state index in [2.05, 4.69) is 30.3 Å². The average Bonchev–Trinajstić information content (AvgIpc) is 3.33. The van der Waals surface area contributed by atoms with Gasteiger partial charge in [0.05, 0.1) is 11.0 Å². The second-order valence-corrected chi connectivity index (χ2v) is 13.5. The molecule has 258 valence electrons. The highest BCUT2D eigenvalue weighted by atomic mass is 15.1. The number of fused-ring (bicyclic) bond motifs is 4. The predicted molar refractivity (Wildman–Crippen MR) is 235 cm³/mol. The summed E-state index contributed by atoms with van der Waals surface area (Å²) in [7, 11) is 0. The molecule has 0 aliphatic carbocycles. The van der Waals surface area contributed by atoms with Gasteiger partial charge in [-0.2, -0.15) is 0 Å². The Morgan fingerprint density at radius 1 is 0.291 bits per heavy atom. The molecular weight excluding hydrogens is 663 g/mol. The van der Waals surface area contributed by atoms with E-state index in [1.54, 1.807) is 36.4 Å². The van der Waals surface area contributed by atoms with E-state index in [1.807, 2.05) is 109 Å². The minimum atomic E-state index is -0.397. The second kappa shape index (κ2) is 14.0. The third kappa shape index (κ3) is 6.02.